The Balaban J connectivity index is 2.11. The van der Waals surface area contributed by atoms with Crippen LogP contribution >= 0.6 is 23.2 Å². The lowest BCUT2D eigenvalue weighted by Crippen LogP contribution is -2.29. The van der Waals surface area contributed by atoms with E-state index in [2.05, 4.69) is 10.6 Å². The summed E-state index contributed by atoms with van der Waals surface area (Å²) in [6.07, 6.45) is 0. The van der Waals surface area contributed by atoms with Crippen molar-refractivity contribution in [1.82, 2.24) is 0 Å². The molecule has 0 aliphatic rings. The van der Waals surface area contributed by atoms with Gasteiger partial charge in [0.2, 0.25) is 0 Å². The first kappa shape index (κ1) is 16.3. The number of rotatable bonds is 2. The minimum atomic E-state index is -0.773. The topological polar surface area (TPSA) is 58.2 Å². The Labute approximate surface area is 138 Å². The first-order valence-corrected chi connectivity index (χ1v) is 7.28. The largest absolute Gasteiger partial charge is 0.317 e. The van der Waals surface area contributed by atoms with Gasteiger partial charge in [0.05, 0.1) is 0 Å². The molecule has 2 aromatic rings. The molecule has 0 bridgehead atoms. The number of nitrogens with one attached hydrogen (secondary N) is 2. The van der Waals surface area contributed by atoms with Crippen LogP contribution < -0.4 is 10.6 Å². The van der Waals surface area contributed by atoms with E-state index < -0.39 is 11.8 Å². The molecule has 4 nitrogen and oxygen atoms in total. The number of anilines is 2. The van der Waals surface area contributed by atoms with Gasteiger partial charge >= 0.3 is 11.8 Å². The molecule has 0 atom stereocenters. The minimum Gasteiger partial charge on any atom is -0.317 e. The second kappa shape index (κ2) is 6.81. The third-order valence-electron chi connectivity index (χ3n) is 3.24. The maximum atomic E-state index is 12.0. The summed E-state index contributed by atoms with van der Waals surface area (Å²) in [5, 5.41) is 6.11. The van der Waals surface area contributed by atoms with Crippen molar-refractivity contribution in [2.75, 3.05) is 10.6 Å². The zero-order valence-corrected chi connectivity index (χ0v) is 13.5. The van der Waals surface area contributed by atoms with Crippen LogP contribution in [0.25, 0.3) is 0 Å². The first-order valence-electron chi connectivity index (χ1n) is 6.52. The van der Waals surface area contributed by atoms with Crippen LogP contribution in [0, 0.1) is 13.8 Å². The van der Waals surface area contributed by atoms with Crippen molar-refractivity contribution < 1.29 is 9.59 Å². The van der Waals surface area contributed by atoms with Crippen molar-refractivity contribution in [3.05, 3.63) is 57.6 Å². The SMILES string of the molecule is Cc1c(Cl)cccc1NC(=O)C(=O)Nc1cccc(Cl)c1C. The lowest BCUT2D eigenvalue weighted by Gasteiger charge is -2.11. The third kappa shape index (κ3) is 3.59. The molecular formula is C16H14Cl2N2O2. The smallest absolute Gasteiger partial charge is 0.314 e. The number of halogens is 2. The molecule has 0 aliphatic carbocycles. The summed E-state index contributed by atoms with van der Waals surface area (Å²) in [7, 11) is 0. The molecule has 0 fully saturated rings. The van der Waals surface area contributed by atoms with Gasteiger partial charge in [0.1, 0.15) is 0 Å². The standard InChI is InChI=1S/C16H14Cl2N2O2/c1-9-11(17)5-3-7-13(9)19-15(21)16(22)20-14-8-4-6-12(18)10(14)2/h3-8H,1-2H3,(H,19,21)(H,20,22). The fraction of sp³-hybridized carbons (Fsp3) is 0.125. The Morgan fingerprint density at radius 2 is 1.14 bits per heavy atom. The first-order chi connectivity index (χ1) is 10.4. The normalized spacial score (nSPS) is 10.2. The van der Waals surface area contributed by atoms with Gasteiger partial charge in [-0.1, -0.05) is 35.3 Å². The summed E-state index contributed by atoms with van der Waals surface area (Å²) in [4.78, 5) is 24.0. The molecule has 2 rings (SSSR count). The molecule has 0 aromatic heterocycles. The zero-order valence-electron chi connectivity index (χ0n) is 12.0. The maximum Gasteiger partial charge on any atom is 0.314 e. The third-order valence-corrected chi connectivity index (χ3v) is 4.06. The van der Waals surface area contributed by atoms with Gasteiger partial charge < -0.3 is 10.6 Å². The number of amides is 2. The monoisotopic (exact) mass is 336 g/mol. The zero-order chi connectivity index (χ0) is 16.3. The van der Waals surface area contributed by atoms with Crippen LogP contribution in [0.15, 0.2) is 36.4 Å². The van der Waals surface area contributed by atoms with Crippen molar-refractivity contribution >= 4 is 46.4 Å². The van der Waals surface area contributed by atoms with Crippen LogP contribution in [0.4, 0.5) is 11.4 Å². The van der Waals surface area contributed by atoms with E-state index in [1.165, 1.54) is 0 Å². The highest BCUT2D eigenvalue weighted by atomic mass is 35.5. The summed E-state index contributed by atoms with van der Waals surface area (Å²) >= 11 is 12.0. The van der Waals surface area contributed by atoms with E-state index in [0.29, 0.717) is 32.5 Å². The highest BCUT2D eigenvalue weighted by Crippen LogP contribution is 2.24. The molecule has 0 saturated carbocycles. The quantitative estimate of drug-likeness (QED) is 0.808. The number of hydrogen-bond acceptors (Lipinski definition) is 2. The fourth-order valence-corrected chi connectivity index (χ4v) is 2.19. The highest BCUT2D eigenvalue weighted by molar-refractivity contribution is 6.44. The number of carbonyl (C=O) groups excluding carboxylic acids is 2. The summed E-state index contributed by atoms with van der Waals surface area (Å²) in [6, 6.07) is 10.2. The molecule has 0 aliphatic heterocycles. The van der Waals surface area contributed by atoms with Crippen LogP contribution in [0.3, 0.4) is 0 Å². The summed E-state index contributed by atoms with van der Waals surface area (Å²) in [5.41, 5.74) is 2.39. The van der Waals surface area contributed by atoms with Crippen molar-refractivity contribution in [2.45, 2.75) is 13.8 Å². The Bertz CT molecular complexity index is 681. The van der Waals surface area contributed by atoms with Crippen LogP contribution in [0.1, 0.15) is 11.1 Å². The molecule has 0 spiro atoms. The molecule has 0 unspecified atom stereocenters. The molecule has 114 valence electrons. The summed E-state index contributed by atoms with van der Waals surface area (Å²) in [6.45, 7) is 3.52. The molecule has 6 heteroatoms. The van der Waals surface area contributed by atoms with Crippen LogP contribution in [0.5, 0.6) is 0 Å². The van der Waals surface area contributed by atoms with E-state index in [1.54, 1.807) is 50.2 Å². The van der Waals surface area contributed by atoms with Crippen LogP contribution in [0.2, 0.25) is 10.0 Å². The molecule has 2 N–H and O–H groups in total. The second-order valence-electron chi connectivity index (χ2n) is 4.73. The number of carbonyl (C=O) groups is 2. The van der Waals surface area contributed by atoms with E-state index >= 15 is 0 Å². The van der Waals surface area contributed by atoms with E-state index in [-0.39, 0.29) is 0 Å². The maximum absolute atomic E-state index is 12.0. The van der Waals surface area contributed by atoms with Gasteiger partial charge in [-0.25, -0.2) is 0 Å². The van der Waals surface area contributed by atoms with Gasteiger partial charge in [0.15, 0.2) is 0 Å². The van der Waals surface area contributed by atoms with Crippen molar-refractivity contribution in [3.63, 3.8) is 0 Å². The lowest BCUT2D eigenvalue weighted by molar-refractivity contribution is -0.133. The Kier molecular flexibility index (Phi) is 5.06. The summed E-state index contributed by atoms with van der Waals surface area (Å²) < 4.78 is 0. The van der Waals surface area contributed by atoms with Crippen molar-refractivity contribution in [2.24, 2.45) is 0 Å². The molecule has 2 amide bonds. The Morgan fingerprint density at radius 3 is 1.50 bits per heavy atom. The van der Waals surface area contributed by atoms with Gasteiger partial charge in [0, 0.05) is 21.4 Å². The Morgan fingerprint density at radius 1 is 0.773 bits per heavy atom. The van der Waals surface area contributed by atoms with E-state index in [9.17, 15) is 9.59 Å². The molecule has 0 heterocycles. The van der Waals surface area contributed by atoms with Crippen LogP contribution in [-0.4, -0.2) is 11.8 Å². The number of benzene rings is 2. The van der Waals surface area contributed by atoms with Gasteiger partial charge in [-0.15, -0.1) is 0 Å². The average molecular weight is 337 g/mol. The van der Waals surface area contributed by atoms with Crippen LogP contribution in [-0.2, 0) is 9.59 Å². The van der Waals surface area contributed by atoms with Gasteiger partial charge in [-0.05, 0) is 49.2 Å². The second-order valence-corrected chi connectivity index (χ2v) is 5.55. The lowest BCUT2D eigenvalue weighted by atomic mass is 10.2. The molecule has 22 heavy (non-hydrogen) atoms. The van der Waals surface area contributed by atoms with Crippen molar-refractivity contribution in [3.8, 4) is 0 Å². The van der Waals surface area contributed by atoms with Gasteiger partial charge in [0.25, 0.3) is 0 Å². The molecular weight excluding hydrogens is 323 g/mol. The molecule has 0 radical (unpaired) electrons. The Hall–Kier alpha value is -2.04. The highest BCUT2D eigenvalue weighted by Gasteiger charge is 2.16. The molecule has 2 aromatic carbocycles. The predicted molar refractivity (Wildman–Crippen MR) is 89.6 cm³/mol. The van der Waals surface area contributed by atoms with Gasteiger partial charge in [-0.3, -0.25) is 9.59 Å². The minimum absolute atomic E-state index is 0.496. The van der Waals surface area contributed by atoms with Crippen molar-refractivity contribution in [1.29, 1.82) is 0 Å². The van der Waals surface area contributed by atoms with E-state index in [4.69, 9.17) is 23.2 Å². The fourth-order valence-electron chi connectivity index (χ4n) is 1.84. The molecule has 0 saturated heterocycles. The number of hydrogen-bond donors (Lipinski definition) is 2. The predicted octanol–water partition coefficient (Wildman–Crippen LogP) is 4.19. The van der Waals surface area contributed by atoms with E-state index in [1.807, 2.05) is 0 Å². The van der Waals surface area contributed by atoms with Gasteiger partial charge in [-0.2, -0.15) is 0 Å². The average Bonchev–Trinajstić information content (AvgIpc) is 2.48. The van der Waals surface area contributed by atoms with E-state index in [0.717, 1.165) is 0 Å². The summed E-state index contributed by atoms with van der Waals surface area (Å²) in [5.74, 6) is -1.55.